The minimum absolute atomic E-state index is 0.744. The third kappa shape index (κ3) is 1.85. The zero-order valence-corrected chi connectivity index (χ0v) is 7.21. The Morgan fingerprint density at radius 1 is 1.50 bits per heavy atom. The van der Waals surface area contributed by atoms with Crippen LogP contribution in [0.3, 0.4) is 0 Å². The molecule has 1 aromatic rings. The monoisotopic (exact) mass is 165 g/mol. The maximum atomic E-state index is 3.90. The molecule has 3 heteroatoms. The summed E-state index contributed by atoms with van der Waals surface area (Å²) < 4.78 is 0. The highest BCUT2D eigenvalue weighted by Gasteiger charge is 2.13. The van der Waals surface area contributed by atoms with Gasteiger partial charge in [0.15, 0.2) is 0 Å². The SMILES string of the molecule is c1cc(CNC2CCCC2)[nH]n1. The van der Waals surface area contributed by atoms with Crippen molar-refractivity contribution >= 4 is 0 Å². The van der Waals surface area contributed by atoms with Gasteiger partial charge in [-0.1, -0.05) is 12.8 Å². The van der Waals surface area contributed by atoms with Gasteiger partial charge in [0.25, 0.3) is 0 Å². The highest BCUT2D eigenvalue weighted by Crippen LogP contribution is 2.17. The predicted molar refractivity (Wildman–Crippen MR) is 47.7 cm³/mol. The fourth-order valence-electron chi connectivity index (χ4n) is 1.77. The molecular weight excluding hydrogens is 150 g/mol. The molecule has 0 saturated heterocycles. The van der Waals surface area contributed by atoms with Crippen LogP contribution in [-0.4, -0.2) is 16.2 Å². The van der Waals surface area contributed by atoms with Crippen LogP contribution in [0.25, 0.3) is 0 Å². The molecule has 66 valence electrons. The van der Waals surface area contributed by atoms with Crippen molar-refractivity contribution in [1.82, 2.24) is 15.5 Å². The topological polar surface area (TPSA) is 40.7 Å². The molecule has 3 nitrogen and oxygen atoms in total. The van der Waals surface area contributed by atoms with Crippen LogP contribution in [0.5, 0.6) is 0 Å². The fraction of sp³-hybridized carbons (Fsp3) is 0.667. The molecule has 1 heterocycles. The summed E-state index contributed by atoms with van der Waals surface area (Å²) in [6, 6.07) is 2.76. The maximum absolute atomic E-state index is 3.90. The largest absolute Gasteiger partial charge is 0.308 e. The molecule has 0 spiro atoms. The highest BCUT2D eigenvalue weighted by molar-refractivity contribution is 4.97. The quantitative estimate of drug-likeness (QED) is 0.711. The van der Waals surface area contributed by atoms with Gasteiger partial charge in [-0.15, -0.1) is 0 Å². The summed E-state index contributed by atoms with van der Waals surface area (Å²) in [7, 11) is 0. The van der Waals surface area contributed by atoms with E-state index in [1.165, 1.54) is 31.4 Å². The number of nitrogens with one attached hydrogen (secondary N) is 2. The van der Waals surface area contributed by atoms with E-state index in [9.17, 15) is 0 Å². The van der Waals surface area contributed by atoms with Crippen LogP contribution in [0.2, 0.25) is 0 Å². The molecule has 12 heavy (non-hydrogen) atoms. The number of H-pyrrole nitrogens is 1. The first-order valence-corrected chi connectivity index (χ1v) is 4.67. The summed E-state index contributed by atoms with van der Waals surface area (Å²) in [5, 5.41) is 10.4. The lowest BCUT2D eigenvalue weighted by Gasteiger charge is -2.09. The minimum Gasteiger partial charge on any atom is -0.308 e. The first-order valence-electron chi connectivity index (χ1n) is 4.67. The molecule has 1 aliphatic rings. The second-order valence-electron chi connectivity index (χ2n) is 3.44. The summed E-state index contributed by atoms with van der Waals surface area (Å²) in [5.41, 5.74) is 1.18. The highest BCUT2D eigenvalue weighted by atomic mass is 15.1. The van der Waals surface area contributed by atoms with Crippen molar-refractivity contribution in [3.05, 3.63) is 18.0 Å². The van der Waals surface area contributed by atoms with Crippen molar-refractivity contribution in [1.29, 1.82) is 0 Å². The van der Waals surface area contributed by atoms with E-state index in [1.807, 2.05) is 6.07 Å². The molecule has 0 bridgehead atoms. The van der Waals surface area contributed by atoms with Crippen molar-refractivity contribution in [2.75, 3.05) is 0 Å². The van der Waals surface area contributed by atoms with Gasteiger partial charge in [0, 0.05) is 24.5 Å². The lowest BCUT2D eigenvalue weighted by Crippen LogP contribution is -2.25. The molecular formula is C9H15N3. The van der Waals surface area contributed by atoms with Gasteiger partial charge in [-0.3, -0.25) is 5.10 Å². The zero-order valence-electron chi connectivity index (χ0n) is 7.21. The number of rotatable bonds is 3. The standard InChI is InChI=1S/C9H15N3/c1-2-4-8(3-1)10-7-9-5-6-11-12-9/h5-6,8,10H,1-4,7H2,(H,11,12). The average molecular weight is 165 g/mol. The van der Waals surface area contributed by atoms with E-state index in [1.54, 1.807) is 6.20 Å². The van der Waals surface area contributed by atoms with Crippen LogP contribution in [-0.2, 0) is 6.54 Å². The Labute approximate surface area is 72.6 Å². The van der Waals surface area contributed by atoms with Crippen LogP contribution in [0, 0.1) is 0 Å². The Bertz CT molecular complexity index is 212. The van der Waals surface area contributed by atoms with Crippen LogP contribution >= 0.6 is 0 Å². The Morgan fingerprint density at radius 3 is 3.00 bits per heavy atom. The van der Waals surface area contributed by atoms with E-state index < -0.39 is 0 Å². The van der Waals surface area contributed by atoms with Crippen LogP contribution in [0.1, 0.15) is 31.4 Å². The van der Waals surface area contributed by atoms with Crippen molar-refractivity contribution in [2.24, 2.45) is 0 Å². The second kappa shape index (κ2) is 3.72. The molecule has 2 N–H and O–H groups in total. The molecule has 1 saturated carbocycles. The van der Waals surface area contributed by atoms with Gasteiger partial charge in [0.1, 0.15) is 0 Å². The molecule has 1 aromatic heterocycles. The van der Waals surface area contributed by atoms with Crippen LogP contribution in [0.15, 0.2) is 12.3 Å². The van der Waals surface area contributed by atoms with Gasteiger partial charge in [-0.05, 0) is 18.9 Å². The molecule has 0 aliphatic heterocycles. The molecule has 1 aliphatic carbocycles. The smallest absolute Gasteiger partial charge is 0.0490 e. The van der Waals surface area contributed by atoms with Crippen molar-refractivity contribution < 1.29 is 0 Å². The summed E-state index contributed by atoms with van der Waals surface area (Å²) in [4.78, 5) is 0. The summed E-state index contributed by atoms with van der Waals surface area (Å²) >= 11 is 0. The number of aromatic nitrogens is 2. The molecule has 0 atom stereocenters. The fourth-order valence-corrected chi connectivity index (χ4v) is 1.77. The molecule has 0 aromatic carbocycles. The number of nitrogens with zero attached hydrogens (tertiary/aromatic N) is 1. The summed E-state index contributed by atoms with van der Waals surface area (Å²) in [6.45, 7) is 0.935. The van der Waals surface area contributed by atoms with E-state index in [4.69, 9.17) is 0 Å². The predicted octanol–water partition coefficient (Wildman–Crippen LogP) is 1.44. The van der Waals surface area contributed by atoms with Crippen LogP contribution < -0.4 is 5.32 Å². The first kappa shape index (κ1) is 7.80. The van der Waals surface area contributed by atoms with Gasteiger partial charge in [-0.2, -0.15) is 5.10 Å². The lowest BCUT2D eigenvalue weighted by molar-refractivity contribution is 0.519. The van der Waals surface area contributed by atoms with E-state index >= 15 is 0 Å². The van der Waals surface area contributed by atoms with Crippen molar-refractivity contribution in [3.8, 4) is 0 Å². The van der Waals surface area contributed by atoms with E-state index in [2.05, 4.69) is 15.5 Å². The molecule has 1 fully saturated rings. The Kier molecular flexibility index (Phi) is 2.42. The Morgan fingerprint density at radius 2 is 2.33 bits per heavy atom. The molecule has 2 rings (SSSR count). The zero-order chi connectivity index (χ0) is 8.23. The maximum Gasteiger partial charge on any atom is 0.0490 e. The second-order valence-corrected chi connectivity index (χ2v) is 3.44. The normalized spacial score (nSPS) is 18.7. The van der Waals surface area contributed by atoms with Gasteiger partial charge in [0.05, 0.1) is 0 Å². The first-order chi connectivity index (χ1) is 5.95. The molecule has 0 unspecified atom stereocenters. The van der Waals surface area contributed by atoms with E-state index in [-0.39, 0.29) is 0 Å². The van der Waals surface area contributed by atoms with Crippen LogP contribution in [0.4, 0.5) is 0 Å². The molecule has 0 amide bonds. The van der Waals surface area contributed by atoms with Gasteiger partial charge in [0.2, 0.25) is 0 Å². The van der Waals surface area contributed by atoms with Crippen molar-refractivity contribution in [3.63, 3.8) is 0 Å². The number of aromatic amines is 1. The third-order valence-electron chi connectivity index (χ3n) is 2.49. The van der Waals surface area contributed by atoms with E-state index in [0.29, 0.717) is 0 Å². The van der Waals surface area contributed by atoms with Gasteiger partial charge >= 0.3 is 0 Å². The lowest BCUT2D eigenvalue weighted by atomic mass is 10.2. The van der Waals surface area contributed by atoms with Crippen molar-refractivity contribution in [2.45, 2.75) is 38.3 Å². The minimum atomic E-state index is 0.744. The van der Waals surface area contributed by atoms with Gasteiger partial charge < -0.3 is 5.32 Å². The summed E-state index contributed by atoms with van der Waals surface area (Å²) in [5.74, 6) is 0. The van der Waals surface area contributed by atoms with E-state index in [0.717, 1.165) is 12.6 Å². The third-order valence-corrected chi connectivity index (χ3v) is 2.49. The number of hydrogen-bond donors (Lipinski definition) is 2. The Balaban J connectivity index is 1.74. The molecule has 0 radical (unpaired) electrons. The van der Waals surface area contributed by atoms with Gasteiger partial charge in [-0.25, -0.2) is 0 Å². The number of hydrogen-bond acceptors (Lipinski definition) is 2. The Hall–Kier alpha value is -0.830. The average Bonchev–Trinajstić information content (AvgIpc) is 2.74. The summed E-state index contributed by atoms with van der Waals surface area (Å²) in [6.07, 6.45) is 7.26.